The molecule has 18 heavy (non-hydrogen) atoms. The minimum absolute atomic E-state index is 0.00497. The van der Waals surface area contributed by atoms with Gasteiger partial charge in [-0.1, -0.05) is 11.6 Å². The van der Waals surface area contributed by atoms with E-state index in [0.29, 0.717) is 28.5 Å². The fourth-order valence-corrected chi connectivity index (χ4v) is 2.58. The van der Waals surface area contributed by atoms with Crippen molar-refractivity contribution in [3.8, 4) is 0 Å². The van der Waals surface area contributed by atoms with Gasteiger partial charge in [0.05, 0.1) is 17.2 Å². The first kappa shape index (κ1) is 11.7. The third-order valence-corrected chi connectivity index (χ3v) is 3.60. The molecule has 1 N–H and O–H groups in total. The zero-order valence-corrected chi connectivity index (χ0v) is 10.7. The van der Waals surface area contributed by atoms with Crippen LogP contribution in [-0.2, 0) is 6.54 Å². The number of fused-ring (bicyclic) bond motifs is 1. The van der Waals surface area contributed by atoms with Gasteiger partial charge in [-0.15, -0.1) is 0 Å². The van der Waals surface area contributed by atoms with E-state index in [1.165, 1.54) is 6.42 Å². The van der Waals surface area contributed by atoms with E-state index >= 15 is 0 Å². The van der Waals surface area contributed by atoms with Crippen molar-refractivity contribution >= 4 is 22.5 Å². The Kier molecular flexibility index (Phi) is 3.06. The lowest BCUT2D eigenvalue weighted by Crippen LogP contribution is -2.32. The summed E-state index contributed by atoms with van der Waals surface area (Å²) in [6.07, 6.45) is 3.90. The molecule has 3 rings (SSSR count). The van der Waals surface area contributed by atoms with Crippen LogP contribution in [0.1, 0.15) is 12.8 Å². The first-order chi connectivity index (χ1) is 8.74. The Morgan fingerprint density at radius 1 is 1.50 bits per heavy atom. The molecule has 1 saturated heterocycles. The molecule has 1 aliphatic rings. The highest BCUT2D eigenvalue weighted by atomic mass is 35.5. The van der Waals surface area contributed by atoms with Gasteiger partial charge in [0.15, 0.2) is 0 Å². The van der Waals surface area contributed by atoms with Gasteiger partial charge in [0.25, 0.3) is 5.56 Å². The number of hydrogen-bond acceptors (Lipinski definition) is 3. The van der Waals surface area contributed by atoms with Crippen molar-refractivity contribution in [1.29, 1.82) is 0 Å². The van der Waals surface area contributed by atoms with Crippen LogP contribution in [0.3, 0.4) is 0 Å². The first-order valence-corrected chi connectivity index (χ1v) is 6.50. The number of hydrogen-bond donors (Lipinski definition) is 1. The highest BCUT2D eigenvalue weighted by Crippen LogP contribution is 2.14. The molecule has 4 nitrogen and oxygen atoms in total. The van der Waals surface area contributed by atoms with E-state index in [1.807, 2.05) is 0 Å². The lowest BCUT2D eigenvalue weighted by molar-refractivity contribution is 0.497. The molecule has 0 saturated carbocycles. The number of benzene rings is 1. The molecule has 0 bridgehead atoms. The van der Waals surface area contributed by atoms with Crippen molar-refractivity contribution in [3.63, 3.8) is 0 Å². The average molecular weight is 264 g/mol. The second kappa shape index (κ2) is 4.71. The zero-order valence-electron chi connectivity index (χ0n) is 9.90. The molecule has 0 radical (unpaired) electrons. The summed E-state index contributed by atoms with van der Waals surface area (Å²) in [5, 5.41) is 4.61. The summed E-state index contributed by atoms with van der Waals surface area (Å²) in [6, 6.07) is 5.57. The summed E-state index contributed by atoms with van der Waals surface area (Å²) < 4.78 is 1.68. The van der Waals surface area contributed by atoms with Crippen LogP contribution in [0, 0.1) is 0 Å². The molecule has 5 heteroatoms. The number of nitrogens with one attached hydrogen (secondary N) is 1. The lowest BCUT2D eigenvalue weighted by atomic mass is 10.2. The Morgan fingerprint density at radius 2 is 2.39 bits per heavy atom. The van der Waals surface area contributed by atoms with Gasteiger partial charge >= 0.3 is 0 Å². The summed E-state index contributed by atoms with van der Waals surface area (Å²) in [5.41, 5.74) is 0.661. The molecule has 0 aliphatic carbocycles. The van der Waals surface area contributed by atoms with Crippen LogP contribution in [0.2, 0.25) is 5.02 Å². The van der Waals surface area contributed by atoms with Crippen molar-refractivity contribution in [1.82, 2.24) is 14.9 Å². The Bertz CT molecular complexity index is 632. The molecule has 94 valence electrons. The van der Waals surface area contributed by atoms with Crippen molar-refractivity contribution in [2.75, 3.05) is 6.54 Å². The molecular weight excluding hydrogens is 250 g/mol. The summed E-state index contributed by atoms with van der Waals surface area (Å²) in [5.74, 6) is 0. The summed E-state index contributed by atoms with van der Waals surface area (Å²) in [6.45, 7) is 1.72. The highest BCUT2D eigenvalue weighted by molar-refractivity contribution is 6.31. The molecule has 1 aliphatic heterocycles. The number of nitrogens with zero attached hydrogens (tertiary/aromatic N) is 2. The van der Waals surface area contributed by atoms with Gasteiger partial charge < -0.3 is 5.32 Å². The molecule has 2 aromatic rings. The Hall–Kier alpha value is -1.39. The Labute approximate surface area is 110 Å². The average Bonchev–Trinajstić information content (AvgIpc) is 2.85. The quantitative estimate of drug-likeness (QED) is 0.899. The molecule has 1 aromatic carbocycles. The lowest BCUT2D eigenvalue weighted by Gasteiger charge is -2.12. The van der Waals surface area contributed by atoms with Gasteiger partial charge in [-0.3, -0.25) is 9.36 Å². The van der Waals surface area contributed by atoms with Crippen LogP contribution in [-0.4, -0.2) is 22.1 Å². The third-order valence-electron chi connectivity index (χ3n) is 3.37. The normalized spacial score (nSPS) is 19.5. The summed E-state index contributed by atoms with van der Waals surface area (Å²) in [4.78, 5) is 16.6. The van der Waals surface area contributed by atoms with Gasteiger partial charge in [0, 0.05) is 17.6 Å². The van der Waals surface area contributed by atoms with E-state index < -0.39 is 0 Å². The van der Waals surface area contributed by atoms with Crippen molar-refractivity contribution < 1.29 is 0 Å². The van der Waals surface area contributed by atoms with Gasteiger partial charge in [-0.25, -0.2) is 4.98 Å². The molecule has 1 aromatic heterocycles. The van der Waals surface area contributed by atoms with Gasteiger partial charge in [0.2, 0.25) is 0 Å². The Balaban J connectivity index is 2.00. The third kappa shape index (κ3) is 2.13. The second-order valence-electron chi connectivity index (χ2n) is 4.66. The van der Waals surface area contributed by atoms with E-state index in [9.17, 15) is 4.79 Å². The van der Waals surface area contributed by atoms with Crippen LogP contribution < -0.4 is 10.9 Å². The van der Waals surface area contributed by atoms with E-state index in [2.05, 4.69) is 10.3 Å². The minimum Gasteiger partial charge on any atom is -0.312 e. The molecule has 0 spiro atoms. The van der Waals surface area contributed by atoms with Crippen LogP contribution >= 0.6 is 11.6 Å². The molecule has 1 unspecified atom stereocenters. The van der Waals surface area contributed by atoms with Crippen molar-refractivity contribution in [2.24, 2.45) is 0 Å². The SMILES string of the molecule is O=c1c2ccc(Cl)cc2ncn1CC1CCCN1. The van der Waals surface area contributed by atoms with Crippen LogP contribution in [0.25, 0.3) is 10.9 Å². The zero-order chi connectivity index (χ0) is 12.5. The fraction of sp³-hybridized carbons (Fsp3) is 0.385. The van der Waals surface area contributed by atoms with Gasteiger partial charge in [-0.05, 0) is 37.6 Å². The molecule has 1 fully saturated rings. The van der Waals surface area contributed by atoms with Gasteiger partial charge in [-0.2, -0.15) is 0 Å². The maximum absolute atomic E-state index is 12.3. The number of rotatable bonds is 2. The van der Waals surface area contributed by atoms with Crippen LogP contribution in [0.15, 0.2) is 29.3 Å². The topological polar surface area (TPSA) is 46.9 Å². The van der Waals surface area contributed by atoms with E-state index in [1.54, 1.807) is 29.1 Å². The highest BCUT2D eigenvalue weighted by Gasteiger charge is 2.15. The van der Waals surface area contributed by atoms with Gasteiger partial charge in [0.1, 0.15) is 0 Å². The fourth-order valence-electron chi connectivity index (χ4n) is 2.41. The van der Waals surface area contributed by atoms with Crippen molar-refractivity contribution in [3.05, 3.63) is 39.9 Å². The molecule has 1 atom stereocenters. The van der Waals surface area contributed by atoms with E-state index in [0.717, 1.165) is 13.0 Å². The monoisotopic (exact) mass is 263 g/mol. The number of aromatic nitrogens is 2. The van der Waals surface area contributed by atoms with E-state index in [4.69, 9.17) is 11.6 Å². The first-order valence-electron chi connectivity index (χ1n) is 6.12. The van der Waals surface area contributed by atoms with Crippen molar-refractivity contribution in [2.45, 2.75) is 25.4 Å². The second-order valence-corrected chi connectivity index (χ2v) is 5.09. The summed E-state index contributed by atoms with van der Waals surface area (Å²) >= 11 is 5.89. The Morgan fingerprint density at radius 3 is 3.17 bits per heavy atom. The maximum atomic E-state index is 12.3. The molecule has 0 amide bonds. The standard InChI is InChI=1S/C13H14ClN3O/c14-9-3-4-11-12(6-9)16-8-17(13(11)18)7-10-2-1-5-15-10/h3-4,6,8,10,15H,1-2,5,7H2. The molecule has 2 heterocycles. The molecular formula is C13H14ClN3O. The number of halogens is 1. The minimum atomic E-state index is 0.00497. The largest absolute Gasteiger partial charge is 0.312 e. The van der Waals surface area contributed by atoms with Crippen LogP contribution in [0.4, 0.5) is 0 Å². The van der Waals surface area contributed by atoms with E-state index in [-0.39, 0.29) is 5.56 Å². The summed E-state index contributed by atoms with van der Waals surface area (Å²) in [7, 11) is 0. The maximum Gasteiger partial charge on any atom is 0.261 e. The predicted octanol–water partition coefficient (Wildman–Crippen LogP) is 1.80. The predicted molar refractivity (Wildman–Crippen MR) is 72.0 cm³/mol. The smallest absolute Gasteiger partial charge is 0.261 e. The van der Waals surface area contributed by atoms with Crippen LogP contribution in [0.5, 0.6) is 0 Å².